The van der Waals surface area contributed by atoms with Crippen LogP contribution in [0.2, 0.25) is 0 Å². The Bertz CT molecular complexity index is 803. The predicted octanol–water partition coefficient (Wildman–Crippen LogP) is 1.70. The Labute approximate surface area is 143 Å². The molecule has 8 heteroatoms. The molecule has 5 nitrogen and oxygen atoms in total. The topological polar surface area (TPSA) is 50.2 Å². The zero-order valence-electron chi connectivity index (χ0n) is 13.6. The highest BCUT2D eigenvalue weighted by Crippen LogP contribution is 2.15. The van der Waals surface area contributed by atoms with Gasteiger partial charge in [0.1, 0.15) is 5.82 Å². The molecule has 1 fully saturated rings. The first-order chi connectivity index (χ1) is 12.1. The first kappa shape index (κ1) is 17.5. The molecule has 0 aliphatic carbocycles. The Hall–Kier alpha value is -2.35. The smallest absolute Gasteiger partial charge is 0.293 e. The van der Waals surface area contributed by atoms with E-state index < -0.39 is 17.5 Å². The Balaban J connectivity index is 1.67. The average molecular weight is 352 g/mol. The fourth-order valence-electron chi connectivity index (χ4n) is 2.90. The SMILES string of the molecule is O=c1c(N2CCNCC2)nccn1CCCc1cc(F)c(F)cc1F. The number of aromatic nitrogens is 2. The van der Waals surface area contributed by atoms with Gasteiger partial charge < -0.3 is 14.8 Å². The lowest BCUT2D eigenvalue weighted by atomic mass is 10.1. The summed E-state index contributed by atoms with van der Waals surface area (Å²) >= 11 is 0. The minimum absolute atomic E-state index is 0.100. The second kappa shape index (κ2) is 7.69. The summed E-state index contributed by atoms with van der Waals surface area (Å²) in [6.45, 7) is 3.37. The predicted molar refractivity (Wildman–Crippen MR) is 88.2 cm³/mol. The van der Waals surface area contributed by atoms with Gasteiger partial charge in [-0.2, -0.15) is 0 Å². The summed E-state index contributed by atoms with van der Waals surface area (Å²) in [6.07, 6.45) is 3.78. The lowest BCUT2D eigenvalue weighted by Crippen LogP contribution is -2.46. The van der Waals surface area contributed by atoms with E-state index in [9.17, 15) is 18.0 Å². The number of hydrogen-bond donors (Lipinski definition) is 1. The van der Waals surface area contributed by atoms with E-state index in [1.807, 2.05) is 4.90 Å². The minimum atomic E-state index is -1.20. The van der Waals surface area contributed by atoms with E-state index >= 15 is 0 Å². The van der Waals surface area contributed by atoms with Crippen molar-refractivity contribution in [1.29, 1.82) is 0 Å². The largest absolute Gasteiger partial charge is 0.349 e. The highest BCUT2D eigenvalue weighted by molar-refractivity contribution is 5.36. The second-order valence-electron chi connectivity index (χ2n) is 5.95. The third-order valence-electron chi connectivity index (χ3n) is 4.25. The van der Waals surface area contributed by atoms with Crippen LogP contribution < -0.4 is 15.8 Å². The summed E-state index contributed by atoms with van der Waals surface area (Å²) in [5.74, 6) is -2.64. The van der Waals surface area contributed by atoms with Gasteiger partial charge in [-0.15, -0.1) is 0 Å². The number of hydrogen-bond acceptors (Lipinski definition) is 4. The molecule has 0 bridgehead atoms. The molecule has 0 unspecified atom stereocenters. The van der Waals surface area contributed by atoms with Crippen LogP contribution in [0.5, 0.6) is 0 Å². The van der Waals surface area contributed by atoms with Gasteiger partial charge >= 0.3 is 0 Å². The van der Waals surface area contributed by atoms with Crippen molar-refractivity contribution < 1.29 is 13.2 Å². The van der Waals surface area contributed by atoms with E-state index in [0.717, 1.165) is 19.2 Å². The lowest BCUT2D eigenvalue weighted by Gasteiger charge is -2.27. The molecule has 0 amide bonds. The Kier molecular flexibility index (Phi) is 5.37. The first-order valence-corrected chi connectivity index (χ1v) is 8.21. The number of halogens is 3. The highest BCUT2D eigenvalue weighted by Gasteiger charge is 2.16. The zero-order chi connectivity index (χ0) is 17.8. The molecule has 134 valence electrons. The monoisotopic (exact) mass is 352 g/mol. The summed E-state index contributed by atoms with van der Waals surface area (Å²) < 4.78 is 41.3. The third kappa shape index (κ3) is 4.01. The number of benzene rings is 1. The van der Waals surface area contributed by atoms with Crippen LogP contribution in [0.3, 0.4) is 0 Å². The summed E-state index contributed by atoms with van der Waals surface area (Å²) in [5, 5.41) is 3.21. The Morgan fingerprint density at radius 1 is 1.08 bits per heavy atom. The van der Waals surface area contributed by atoms with Crippen LogP contribution in [0.25, 0.3) is 0 Å². The van der Waals surface area contributed by atoms with Gasteiger partial charge in [-0.25, -0.2) is 18.2 Å². The van der Waals surface area contributed by atoms with Crippen LogP contribution in [0.1, 0.15) is 12.0 Å². The zero-order valence-corrected chi connectivity index (χ0v) is 13.6. The quantitative estimate of drug-likeness (QED) is 0.833. The van der Waals surface area contributed by atoms with Crippen LogP contribution in [0.15, 0.2) is 29.3 Å². The molecule has 2 heterocycles. The molecule has 1 aliphatic heterocycles. The molecule has 0 saturated carbocycles. The normalized spacial score (nSPS) is 14.8. The second-order valence-corrected chi connectivity index (χ2v) is 5.95. The molecule has 1 N–H and O–H groups in total. The van der Waals surface area contributed by atoms with E-state index in [2.05, 4.69) is 10.3 Å². The summed E-state index contributed by atoms with van der Waals surface area (Å²) in [6, 6.07) is 1.41. The molecule has 0 atom stereocenters. The standard InChI is InChI=1S/C17H19F3N4O/c18-13-11-15(20)14(19)10-12(13)2-1-6-24-9-5-22-16(17(24)25)23-7-3-21-4-8-23/h5,9-11,21H,1-4,6-8H2. The first-order valence-electron chi connectivity index (χ1n) is 8.21. The van der Waals surface area contributed by atoms with Gasteiger partial charge in [0, 0.05) is 51.2 Å². The molecular formula is C17H19F3N4O. The molecule has 1 aromatic carbocycles. The van der Waals surface area contributed by atoms with Gasteiger partial charge in [0.25, 0.3) is 5.56 Å². The summed E-state index contributed by atoms with van der Waals surface area (Å²) in [7, 11) is 0. The van der Waals surface area contributed by atoms with E-state index in [0.29, 0.717) is 37.9 Å². The van der Waals surface area contributed by atoms with Crippen LogP contribution in [0.4, 0.5) is 19.0 Å². The minimum Gasteiger partial charge on any atom is -0.349 e. The number of rotatable bonds is 5. The summed E-state index contributed by atoms with van der Waals surface area (Å²) in [4.78, 5) is 18.6. The van der Waals surface area contributed by atoms with Gasteiger partial charge in [0.15, 0.2) is 17.5 Å². The Morgan fingerprint density at radius 3 is 2.56 bits per heavy atom. The van der Waals surface area contributed by atoms with E-state index in [1.165, 1.54) is 4.57 Å². The molecule has 2 aromatic rings. The number of nitrogens with zero attached hydrogens (tertiary/aromatic N) is 3. The molecule has 1 aromatic heterocycles. The molecule has 3 rings (SSSR count). The van der Waals surface area contributed by atoms with Crippen molar-refractivity contribution in [1.82, 2.24) is 14.9 Å². The van der Waals surface area contributed by atoms with Crippen molar-refractivity contribution >= 4 is 5.82 Å². The van der Waals surface area contributed by atoms with E-state index in [-0.39, 0.29) is 17.5 Å². The van der Waals surface area contributed by atoms with E-state index in [1.54, 1.807) is 12.4 Å². The third-order valence-corrected chi connectivity index (χ3v) is 4.25. The van der Waals surface area contributed by atoms with Gasteiger partial charge in [0.05, 0.1) is 0 Å². The van der Waals surface area contributed by atoms with Gasteiger partial charge in [-0.1, -0.05) is 0 Å². The number of aryl methyl sites for hydroxylation is 2. The van der Waals surface area contributed by atoms with Crippen LogP contribution in [-0.4, -0.2) is 35.7 Å². The molecule has 0 spiro atoms. The van der Waals surface area contributed by atoms with Crippen molar-refractivity contribution in [2.45, 2.75) is 19.4 Å². The molecule has 1 saturated heterocycles. The highest BCUT2D eigenvalue weighted by atomic mass is 19.2. The van der Waals surface area contributed by atoms with Crippen molar-refractivity contribution in [3.63, 3.8) is 0 Å². The molecule has 1 aliphatic rings. The fourth-order valence-corrected chi connectivity index (χ4v) is 2.90. The van der Waals surface area contributed by atoms with Crippen LogP contribution in [-0.2, 0) is 13.0 Å². The van der Waals surface area contributed by atoms with Gasteiger partial charge in [0.2, 0.25) is 0 Å². The fraction of sp³-hybridized carbons (Fsp3) is 0.412. The lowest BCUT2D eigenvalue weighted by molar-refractivity contribution is 0.487. The van der Waals surface area contributed by atoms with Crippen molar-refractivity contribution in [3.8, 4) is 0 Å². The van der Waals surface area contributed by atoms with Gasteiger partial charge in [-0.05, 0) is 24.5 Å². The maximum absolute atomic E-state index is 13.6. The number of piperazine rings is 1. The maximum atomic E-state index is 13.6. The van der Waals surface area contributed by atoms with Crippen molar-refractivity contribution in [2.24, 2.45) is 0 Å². The number of anilines is 1. The maximum Gasteiger partial charge on any atom is 0.293 e. The van der Waals surface area contributed by atoms with Crippen molar-refractivity contribution in [2.75, 3.05) is 31.1 Å². The summed E-state index contributed by atoms with van der Waals surface area (Å²) in [5.41, 5.74) is -0.0986. The molecular weight excluding hydrogens is 333 g/mol. The Morgan fingerprint density at radius 2 is 1.80 bits per heavy atom. The molecule has 0 radical (unpaired) electrons. The van der Waals surface area contributed by atoms with Crippen LogP contribution >= 0.6 is 0 Å². The van der Waals surface area contributed by atoms with Gasteiger partial charge in [-0.3, -0.25) is 4.79 Å². The number of nitrogens with one attached hydrogen (secondary N) is 1. The van der Waals surface area contributed by atoms with Crippen LogP contribution in [0, 0.1) is 17.5 Å². The van der Waals surface area contributed by atoms with Crippen molar-refractivity contribution in [3.05, 3.63) is 57.9 Å². The molecule has 25 heavy (non-hydrogen) atoms. The van der Waals surface area contributed by atoms with E-state index in [4.69, 9.17) is 0 Å². The average Bonchev–Trinajstić information content (AvgIpc) is 2.61.